The molecule has 1 heterocycles. The van der Waals surface area contributed by atoms with Gasteiger partial charge in [0.15, 0.2) is 5.96 Å². The molecule has 0 unspecified atom stereocenters. The molecule has 0 bridgehead atoms. The molecule has 26 heavy (non-hydrogen) atoms. The summed E-state index contributed by atoms with van der Waals surface area (Å²) in [4.78, 5) is 6.87. The molecule has 6 heteroatoms. The maximum Gasteiger partial charge on any atom is 0.191 e. The van der Waals surface area contributed by atoms with Gasteiger partial charge in [0.25, 0.3) is 0 Å². The van der Waals surface area contributed by atoms with Crippen LogP contribution in [0.15, 0.2) is 29.3 Å². The van der Waals surface area contributed by atoms with E-state index < -0.39 is 0 Å². The largest absolute Gasteiger partial charge is 0.494 e. The molecular formula is C20H35IN4O. The number of piperidine rings is 1. The minimum Gasteiger partial charge on any atom is -0.494 e. The number of aliphatic imine (C=N–C) groups is 1. The molecule has 1 aromatic carbocycles. The Morgan fingerprint density at radius 3 is 2.58 bits per heavy atom. The summed E-state index contributed by atoms with van der Waals surface area (Å²) in [6.07, 6.45) is 3.86. The number of nitrogens with one attached hydrogen (secondary N) is 2. The number of benzene rings is 1. The summed E-state index contributed by atoms with van der Waals surface area (Å²) in [5.74, 6) is 2.64. The lowest BCUT2D eigenvalue weighted by molar-refractivity contribution is 0.187. The summed E-state index contributed by atoms with van der Waals surface area (Å²) in [5.41, 5.74) is 1.15. The van der Waals surface area contributed by atoms with Gasteiger partial charge in [-0.25, -0.2) is 0 Å². The molecule has 1 fully saturated rings. The molecule has 1 aromatic rings. The zero-order valence-corrected chi connectivity index (χ0v) is 18.8. The second kappa shape index (κ2) is 13.2. The number of nitrogens with zero attached hydrogens (tertiary/aromatic N) is 2. The van der Waals surface area contributed by atoms with E-state index in [4.69, 9.17) is 4.74 Å². The lowest BCUT2D eigenvalue weighted by atomic mass is 9.93. The molecule has 1 aliphatic heterocycles. The van der Waals surface area contributed by atoms with Crippen LogP contribution >= 0.6 is 24.0 Å². The van der Waals surface area contributed by atoms with Crippen molar-refractivity contribution in [3.8, 4) is 5.75 Å². The third-order valence-electron chi connectivity index (χ3n) is 4.94. The van der Waals surface area contributed by atoms with Crippen molar-refractivity contribution in [2.24, 2.45) is 10.9 Å². The van der Waals surface area contributed by atoms with E-state index in [1.54, 1.807) is 0 Å². The van der Waals surface area contributed by atoms with Crippen molar-refractivity contribution < 1.29 is 4.74 Å². The van der Waals surface area contributed by atoms with E-state index in [1.807, 2.05) is 32.2 Å². The van der Waals surface area contributed by atoms with Gasteiger partial charge in [0.05, 0.1) is 6.61 Å². The van der Waals surface area contributed by atoms with Gasteiger partial charge in [0.1, 0.15) is 5.75 Å². The van der Waals surface area contributed by atoms with Crippen molar-refractivity contribution >= 4 is 29.9 Å². The summed E-state index contributed by atoms with van der Waals surface area (Å²) in [7, 11) is 1.82. The van der Waals surface area contributed by atoms with Crippen LogP contribution in [0.2, 0.25) is 0 Å². The molecule has 0 aliphatic carbocycles. The quantitative estimate of drug-likeness (QED) is 0.344. The van der Waals surface area contributed by atoms with Crippen LogP contribution in [0.1, 0.15) is 38.7 Å². The lowest BCUT2D eigenvalue weighted by Gasteiger charge is -2.31. The molecule has 5 nitrogen and oxygen atoms in total. The third kappa shape index (κ3) is 7.70. The van der Waals surface area contributed by atoms with Crippen LogP contribution in [0.4, 0.5) is 0 Å². The van der Waals surface area contributed by atoms with Crippen LogP contribution in [0.25, 0.3) is 0 Å². The Morgan fingerprint density at radius 1 is 1.19 bits per heavy atom. The Bertz CT molecular complexity index is 530. The monoisotopic (exact) mass is 474 g/mol. The average Bonchev–Trinajstić information content (AvgIpc) is 2.66. The Kier molecular flexibility index (Phi) is 11.7. The Hall–Kier alpha value is -1.02. The fourth-order valence-electron chi connectivity index (χ4n) is 3.33. The van der Waals surface area contributed by atoms with Crippen molar-refractivity contribution in [2.45, 2.75) is 39.7 Å². The summed E-state index contributed by atoms with van der Waals surface area (Å²) in [5, 5.41) is 6.84. The standard InChI is InChI=1S/C20H34N4O.HI/c1-4-24-14-11-17(12-15-24)10-13-22-20(21-3)23-16-18-8-6-7-9-19(18)25-5-2;/h6-9,17H,4-5,10-16H2,1-3H3,(H2,21,22,23);1H. The van der Waals surface area contributed by atoms with Gasteiger partial charge in [0, 0.05) is 25.7 Å². The Morgan fingerprint density at radius 2 is 1.92 bits per heavy atom. The van der Waals surface area contributed by atoms with Gasteiger partial charge in [-0.2, -0.15) is 0 Å². The summed E-state index contributed by atoms with van der Waals surface area (Å²) < 4.78 is 5.68. The Balaban J connectivity index is 0.00000338. The van der Waals surface area contributed by atoms with Gasteiger partial charge in [-0.05, 0) is 57.8 Å². The molecule has 0 atom stereocenters. The first-order valence-electron chi connectivity index (χ1n) is 9.64. The third-order valence-corrected chi connectivity index (χ3v) is 4.94. The van der Waals surface area contributed by atoms with Gasteiger partial charge in [-0.1, -0.05) is 25.1 Å². The SMILES string of the molecule is CCOc1ccccc1CNC(=NC)NCCC1CCN(CC)CC1.I. The number of hydrogen-bond acceptors (Lipinski definition) is 3. The summed E-state index contributed by atoms with van der Waals surface area (Å²) >= 11 is 0. The topological polar surface area (TPSA) is 48.9 Å². The van der Waals surface area contributed by atoms with Crippen LogP contribution in [-0.4, -0.2) is 50.7 Å². The predicted octanol–water partition coefficient (Wildman–Crippen LogP) is 3.49. The van der Waals surface area contributed by atoms with Crippen LogP contribution in [-0.2, 0) is 6.54 Å². The van der Waals surface area contributed by atoms with E-state index in [1.165, 1.54) is 38.9 Å². The highest BCUT2D eigenvalue weighted by Gasteiger charge is 2.17. The molecule has 1 aliphatic rings. The first kappa shape index (κ1) is 23.0. The van der Waals surface area contributed by atoms with Gasteiger partial charge in [-0.3, -0.25) is 4.99 Å². The average molecular weight is 474 g/mol. The summed E-state index contributed by atoms with van der Waals surface area (Å²) in [6, 6.07) is 8.15. The van der Waals surface area contributed by atoms with E-state index in [2.05, 4.69) is 33.5 Å². The zero-order chi connectivity index (χ0) is 17.9. The molecule has 0 radical (unpaired) electrons. The highest BCUT2D eigenvalue weighted by molar-refractivity contribution is 14.0. The molecule has 0 saturated carbocycles. The maximum absolute atomic E-state index is 5.68. The Labute approximate surface area is 176 Å². The molecule has 1 saturated heterocycles. The summed E-state index contributed by atoms with van der Waals surface area (Å²) in [6.45, 7) is 10.3. The first-order valence-corrected chi connectivity index (χ1v) is 9.64. The number of rotatable bonds is 8. The van der Waals surface area contributed by atoms with E-state index >= 15 is 0 Å². The van der Waals surface area contributed by atoms with Crippen molar-refractivity contribution in [1.82, 2.24) is 15.5 Å². The lowest BCUT2D eigenvalue weighted by Crippen LogP contribution is -2.39. The van der Waals surface area contributed by atoms with Crippen molar-refractivity contribution in [3.63, 3.8) is 0 Å². The number of ether oxygens (including phenoxy) is 1. The van der Waals surface area contributed by atoms with Crippen molar-refractivity contribution in [3.05, 3.63) is 29.8 Å². The van der Waals surface area contributed by atoms with E-state index in [0.717, 1.165) is 29.7 Å². The normalized spacial score (nSPS) is 16.0. The van der Waals surface area contributed by atoms with Crippen LogP contribution in [0, 0.1) is 5.92 Å². The molecule has 0 amide bonds. The van der Waals surface area contributed by atoms with Crippen LogP contribution in [0.5, 0.6) is 5.75 Å². The second-order valence-corrected chi connectivity index (χ2v) is 6.56. The molecular weight excluding hydrogens is 439 g/mol. The molecule has 0 spiro atoms. The first-order chi connectivity index (χ1) is 12.3. The number of likely N-dealkylation sites (tertiary alicyclic amines) is 1. The second-order valence-electron chi connectivity index (χ2n) is 6.56. The van der Waals surface area contributed by atoms with Crippen LogP contribution in [0.3, 0.4) is 0 Å². The molecule has 2 N–H and O–H groups in total. The fraction of sp³-hybridized carbons (Fsp3) is 0.650. The van der Waals surface area contributed by atoms with Gasteiger partial charge in [0.2, 0.25) is 0 Å². The molecule has 148 valence electrons. The molecule has 0 aromatic heterocycles. The van der Waals surface area contributed by atoms with Gasteiger partial charge >= 0.3 is 0 Å². The minimum absolute atomic E-state index is 0. The van der Waals surface area contributed by atoms with Crippen molar-refractivity contribution in [1.29, 1.82) is 0 Å². The number of guanidine groups is 1. The van der Waals surface area contributed by atoms with Crippen molar-refractivity contribution in [2.75, 3.05) is 39.8 Å². The highest BCUT2D eigenvalue weighted by Crippen LogP contribution is 2.19. The number of hydrogen-bond donors (Lipinski definition) is 2. The van der Waals surface area contributed by atoms with Crippen LogP contribution < -0.4 is 15.4 Å². The number of halogens is 1. The number of para-hydroxylation sites is 1. The molecule has 2 rings (SSSR count). The highest BCUT2D eigenvalue weighted by atomic mass is 127. The van der Waals surface area contributed by atoms with Gasteiger partial charge < -0.3 is 20.3 Å². The van der Waals surface area contributed by atoms with E-state index in [0.29, 0.717) is 13.2 Å². The zero-order valence-electron chi connectivity index (χ0n) is 16.5. The van der Waals surface area contributed by atoms with E-state index in [9.17, 15) is 0 Å². The predicted molar refractivity (Wildman–Crippen MR) is 121 cm³/mol. The smallest absolute Gasteiger partial charge is 0.191 e. The minimum atomic E-state index is 0. The fourth-order valence-corrected chi connectivity index (χ4v) is 3.33. The van der Waals surface area contributed by atoms with E-state index in [-0.39, 0.29) is 24.0 Å². The van der Waals surface area contributed by atoms with Gasteiger partial charge in [-0.15, -0.1) is 24.0 Å². The maximum atomic E-state index is 5.68.